The van der Waals surface area contributed by atoms with Crippen LogP contribution >= 0.6 is 0 Å². The zero-order valence-corrected chi connectivity index (χ0v) is 17.2. The van der Waals surface area contributed by atoms with Gasteiger partial charge in [-0.1, -0.05) is 61.9 Å². The first-order chi connectivity index (χ1) is 14.7. The maximum Gasteiger partial charge on any atom is 0.225 e. The Hall–Kier alpha value is -3.11. The van der Waals surface area contributed by atoms with E-state index in [4.69, 9.17) is 4.74 Å². The zero-order valence-electron chi connectivity index (χ0n) is 17.2. The van der Waals surface area contributed by atoms with Crippen LogP contribution in [0.1, 0.15) is 54.4 Å². The normalized spacial score (nSPS) is 12.6. The highest BCUT2D eigenvalue weighted by atomic mass is 16.5. The maximum absolute atomic E-state index is 13.1. The summed E-state index contributed by atoms with van der Waals surface area (Å²) in [4.78, 5) is 13.1. The van der Waals surface area contributed by atoms with Gasteiger partial charge < -0.3 is 15.2 Å². The molecule has 4 heteroatoms. The highest BCUT2D eigenvalue weighted by molar-refractivity contribution is 5.92. The third-order valence-electron chi connectivity index (χ3n) is 5.63. The molecule has 3 aromatic rings. The molecule has 0 bridgehead atoms. The lowest BCUT2D eigenvalue weighted by Crippen LogP contribution is -2.20. The summed E-state index contributed by atoms with van der Waals surface area (Å²) >= 11 is 0. The average molecular weight is 402 g/mol. The quantitative estimate of drug-likeness (QED) is 0.527. The van der Waals surface area contributed by atoms with Crippen molar-refractivity contribution in [2.45, 2.75) is 45.1 Å². The van der Waals surface area contributed by atoms with Gasteiger partial charge in [0.25, 0.3) is 0 Å². The highest BCUT2D eigenvalue weighted by Gasteiger charge is 2.28. The molecule has 0 aromatic heterocycles. The van der Waals surface area contributed by atoms with Gasteiger partial charge in [0.1, 0.15) is 11.5 Å². The van der Waals surface area contributed by atoms with E-state index in [0.29, 0.717) is 6.42 Å². The number of unbranched alkanes of at least 4 members (excludes halogenated alkanes) is 1. The molecule has 1 aliphatic heterocycles. The van der Waals surface area contributed by atoms with E-state index in [1.54, 1.807) is 0 Å². The van der Waals surface area contributed by atoms with Gasteiger partial charge in [-0.3, -0.25) is 4.79 Å². The van der Waals surface area contributed by atoms with Gasteiger partial charge in [0.2, 0.25) is 5.91 Å². The van der Waals surface area contributed by atoms with Crippen molar-refractivity contribution < 1.29 is 14.6 Å². The number of fused-ring (bicyclic) bond motifs is 2. The van der Waals surface area contributed by atoms with Crippen LogP contribution in [0.5, 0.6) is 11.5 Å². The molecule has 0 saturated carbocycles. The summed E-state index contributed by atoms with van der Waals surface area (Å²) in [6.07, 6.45) is 3.38. The van der Waals surface area contributed by atoms with Crippen LogP contribution in [-0.4, -0.2) is 11.0 Å². The van der Waals surface area contributed by atoms with Crippen LogP contribution in [0, 0.1) is 0 Å². The first kappa shape index (κ1) is 20.2. The molecule has 2 N–H and O–H groups in total. The Morgan fingerprint density at radius 3 is 2.30 bits per heavy atom. The molecule has 0 atom stereocenters. The molecule has 1 amide bonds. The fraction of sp³-hybridized carbons (Fsp3) is 0.269. The van der Waals surface area contributed by atoms with Gasteiger partial charge in [0.15, 0.2) is 0 Å². The molecule has 0 spiro atoms. The van der Waals surface area contributed by atoms with E-state index in [1.807, 2.05) is 66.7 Å². The standard InChI is InChI=1S/C26H27NO3/c1-2-3-8-19-14-13-18(17-28)15-23(19)27-26(29)16-22-20-9-4-6-11-24(20)30-25-12-7-5-10-21(22)25/h4-7,9-15,22,28H,2-3,8,16-17H2,1H3,(H,27,29). The molecule has 0 aliphatic carbocycles. The average Bonchev–Trinajstić information content (AvgIpc) is 2.78. The van der Waals surface area contributed by atoms with Crippen molar-refractivity contribution >= 4 is 11.6 Å². The van der Waals surface area contributed by atoms with Gasteiger partial charge in [-0.25, -0.2) is 0 Å². The number of para-hydroxylation sites is 2. The number of aryl methyl sites for hydroxylation is 1. The number of rotatable bonds is 7. The van der Waals surface area contributed by atoms with Crippen molar-refractivity contribution in [2.24, 2.45) is 0 Å². The lowest BCUT2D eigenvalue weighted by Gasteiger charge is -2.28. The van der Waals surface area contributed by atoms with Crippen molar-refractivity contribution in [3.05, 3.63) is 89.0 Å². The van der Waals surface area contributed by atoms with Crippen LogP contribution < -0.4 is 10.1 Å². The second kappa shape index (κ2) is 9.14. The number of nitrogens with one attached hydrogen (secondary N) is 1. The van der Waals surface area contributed by atoms with Crippen LogP contribution in [0.2, 0.25) is 0 Å². The molecule has 0 unspecified atom stereocenters. The third-order valence-corrected chi connectivity index (χ3v) is 5.63. The van der Waals surface area contributed by atoms with E-state index in [2.05, 4.69) is 12.2 Å². The molecule has 1 aliphatic rings. The summed E-state index contributed by atoms with van der Waals surface area (Å²) in [5.41, 5.74) is 4.76. The van der Waals surface area contributed by atoms with Gasteiger partial charge in [0, 0.05) is 29.2 Å². The number of anilines is 1. The molecular formula is C26H27NO3. The predicted molar refractivity (Wildman–Crippen MR) is 119 cm³/mol. The number of aliphatic hydroxyl groups is 1. The number of ether oxygens (including phenoxy) is 1. The minimum Gasteiger partial charge on any atom is -0.457 e. The summed E-state index contributed by atoms with van der Waals surface area (Å²) < 4.78 is 6.04. The molecule has 30 heavy (non-hydrogen) atoms. The fourth-order valence-electron chi connectivity index (χ4n) is 4.04. The van der Waals surface area contributed by atoms with Gasteiger partial charge in [-0.15, -0.1) is 0 Å². The number of hydrogen-bond acceptors (Lipinski definition) is 3. The van der Waals surface area contributed by atoms with E-state index in [1.165, 1.54) is 0 Å². The smallest absolute Gasteiger partial charge is 0.225 e. The third kappa shape index (κ3) is 4.24. The molecule has 4 rings (SSSR count). The zero-order chi connectivity index (χ0) is 20.9. The molecule has 0 radical (unpaired) electrons. The minimum atomic E-state index is -0.0636. The van der Waals surface area contributed by atoms with Crippen molar-refractivity contribution in [2.75, 3.05) is 5.32 Å². The first-order valence-corrected chi connectivity index (χ1v) is 10.6. The lowest BCUT2D eigenvalue weighted by atomic mass is 9.85. The Bertz CT molecular complexity index is 998. The Morgan fingerprint density at radius 2 is 1.67 bits per heavy atom. The largest absolute Gasteiger partial charge is 0.457 e. The van der Waals surface area contributed by atoms with E-state index in [-0.39, 0.29) is 18.4 Å². The number of hydrogen-bond donors (Lipinski definition) is 2. The van der Waals surface area contributed by atoms with Gasteiger partial charge in [-0.05, 0) is 42.2 Å². The fourth-order valence-corrected chi connectivity index (χ4v) is 4.04. The number of aliphatic hydroxyl groups excluding tert-OH is 1. The van der Waals surface area contributed by atoms with E-state index >= 15 is 0 Å². The minimum absolute atomic E-state index is 0.0423. The van der Waals surface area contributed by atoms with E-state index < -0.39 is 0 Å². The second-order valence-electron chi connectivity index (χ2n) is 7.74. The van der Waals surface area contributed by atoms with Crippen LogP contribution in [0.4, 0.5) is 5.69 Å². The molecular weight excluding hydrogens is 374 g/mol. The summed E-state index contributed by atoms with van der Waals surface area (Å²) in [5, 5.41) is 12.6. The topological polar surface area (TPSA) is 58.6 Å². The Kier molecular flexibility index (Phi) is 6.15. The summed E-state index contributed by atoms with van der Waals surface area (Å²) in [6, 6.07) is 21.6. The van der Waals surface area contributed by atoms with Crippen molar-refractivity contribution in [1.82, 2.24) is 0 Å². The van der Waals surface area contributed by atoms with Crippen molar-refractivity contribution in [1.29, 1.82) is 0 Å². The van der Waals surface area contributed by atoms with Gasteiger partial charge in [-0.2, -0.15) is 0 Å². The number of amides is 1. The Morgan fingerprint density at radius 1 is 1.00 bits per heavy atom. The Balaban J connectivity index is 1.60. The SMILES string of the molecule is CCCCc1ccc(CO)cc1NC(=O)CC1c2ccccc2Oc2ccccc21. The summed E-state index contributed by atoms with van der Waals surface area (Å²) in [5.74, 6) is 1.51. The molecule has 1 heterocycles. The second-order valence-corrected chi connectivity index (χ2v) is 7.74. The lowest BCUT2D eigenvalue weighted by molar-refractivity contribution is -0.116. The monoisotopic (exact) mass is 401 g/mol. The molecule has 154 valence electrons. The van der Waals surface area contributed by atoms with Gasteiger partial charge >= 0.3 is 0 Å². The van der Waals surface area contributed by atoms with Crippen LogP contribution in [0.15, 0.2) is 66.7 Å². The van der Waals surface area contributed by atoms with E-state index in [9.17, 15) is 9.90 Å². The molecule has 0 saturated heterocycles. The summed E-state index contributed by atoms with van der Waals surface area (Å²) in [7, 11) is 0. The van der Waals surface area contributed by atoms with Crippen LogP contribution in [-0.2, 0) is 17.8 Å². The van der Waals surface area contributed by atoms with Crippen molar-refractivity contribution in [3.63, 3.8) is 0 Å². The van der Waals surface area contributed by atoms with Crippen LogP contribution in [0.3, 0.4) is 0 Å². The molecule has 4 nitrogen and oxygen atoms in total. The van der Waals surface area contributed by atoms with Crippen molar-refractivity contribution in [3.8, 4) is 11.5 Å². The highest BCUT2D eigenvalue weighted by Crippen LogP contribution is 2.45. The number of benzene rings is 3. The van der Waals surface area contributed by atoms with Gasteiger partial charge in [0.05, 0.1) is 6.61 Å². The van der Waals surface area contributed by atoms with E-state index in [0.717, 1.165) is 58.7 Å². The predicted octanol–water partition coefficient (Wildman–Crippen LogP) is 5.79. The first-order valence-electron chi connectivity index (χ1n) is 10.6. The molecule has 0 fully saturated rings. The number of carbonyl (C=O) groups excluding carboxylic acids is 1. The maximum atomic E-state index is 13.1. The number of carbonyl (C=O) groups is 1. The summed E-state index contributed by atoms with van der Waals surface area (Å²) in [6.45, 7) is 2.11. The Labute approximate surface area is 177 Å². The molecule has 3 aromatic carbocycles. The van der Waals surface area contributed by atoms with Crippen LogP contribution in [0.25, 0.3) is 0 Å².